The third-order valence-corrected chi connectivity index (χ3v) is 5.16. The van der Waals surface area contributed by atoms with Crippen molar-refractivity contribution in [3.63, 3.8) is 0 Å². The zero-order chi connectivity index (χ0) is 21.1. The second-order valence-electron chi connectivity index (χ2n) is 7.03. The number of likely N-dealkylation sites (N-methyl/N-ethyl adjacent to an activating group) is 2. The van der Waals surface area contributed by atoms with E-state index in [9.17, 15) is 19.2 Å². The van der Waals surface area contributed by atoms with Crippen molar-refractivity contribution in [1.29, 1.82) is 0 Å². The second kappa shape index (κ2) is 8.42. The third kappa shape index (κ3) is 4.13. The lowest BCUT2D eigenvalue weighted by molar-refractivity contribution is -0.148. The number of piperidine rings is 1. The van der Waals surface area contributed by atoms with Crippen molar-refractivity contribution >= 4 is 35.7 Å². The fourth-order valence-corrected chi connectivity index (χ4v) is 3.42. The summed E-state index contributed by atoms with van der Waals surface area (Å²) >= 11 is 0. The number of imide groups is 2. The maximum atomic E-state index is 12.3. The van der Waals surface area contributed by atoms with E-state index >= 15 is 0 Å². The Bertz CT molecular complexity index is 830. The predicted octanol–water partition coefficient (Wildman–Crippen LogP) is 1.29. The lowest BCUT2D eigenvalue weighted by Gasteiger charge is -2.31. The number of ether oxygens (including phenoxy) is 1. The van der Waals surface area contributed by atoms with Crippen LogP contribution in [-0.2, 0) is 19.1 Å². The van der Waals surface area contributed by atoms with Crippen LogP contribution >= 0.6 is 0 Å². The summed E-state index contributed by atoms with van der Waals surface area (Å²) in [6.45, 7) is 3.59. The topological polar surface area (TPSA) is 100 Å². The zero-order valence-corrected chi connectivity index (χ0v) is 16.8. The number of amides is 4. The van der Waals surface area contributed by atoms with Gasteiger partial charge in [-0.15, -0.1) is 0 Å². The summed E-state index contributed by atoms with van der Waals surface area (Å²) in [4.78, 5) is 56.5. The van der Waals surface area contributed by atoms with Crippen molar-refractivity contribution in [2.45, 2.75) is 19.8 Å². The Kier molecular flexibility index (Phi) is 5.95. The number of esters is 1. The highest BCUT2D eigenvalue weighted by molar-refractivity contribution is 6.30. The molecule has 0 aliphatic carbocycles. The van der Waals surface area contributed by atoms with Crippen LogP contribution in [0.15, 0.2) is 23.9 Å². The smallest absolute Gasteiger partial charge is 0.333 e. The van der Waals surface area contributed by atoms with Crippen LogP contribution in [-0.4, -0.2) is 72.4 Å². The third-order valence-electron chi connectivity index (χ3n) is 5.16. The molecule has 2 aliphatic heterocycles. The Balaban J connectivity index is 1.69. The number of rotatable bonds is 4. The first-order chi connectivity index (χ1) is 13.8. The number of hydrogen-bond donors (Lipinski definition) is 0. The quantitative estimate of drug-likeness (QED) is 0.427. The molecule has 0 N–H and O–H groups in total. The van der Waals surface area contributed by atoms with Gasteiger partial charge in [-0.05, 0) is 43.5 Å². The van der Waals surface area contributed by atoms with E-state index < -0.39 is 17.8 Å². The van der Waals surface area contributed by atoms with E-state index in [1.807, 2.05) is 6.07 Å². The molecule has 0 unspecified atom stereocenters. The fraction of sp³-hybridized carbons (Fsp3) is 0.450. The minimum absolute atomic E-state index is 0.0739. The Morgan fingerprint density at radius 2 is 1.76 bits per heavy atom. The summed E-state index contributed by atoms with van der Waals surface area (Å²) in [5, 5.41) is 0. The van der Waals surface area contributed by atoms with Crippen LogP contribution in [0.25, 0.3) is 6.08 Å². The molecule has 9 heteroatoms. The first-order valence-electron chi connectivity index (χ1n) is 9.53. The van der Waals surface area contributed by atoms with Gasteiger partial charge < -0.3 is 9.64 Å². The Morgan fingerprint density at radius 1 is 1.14 bits per heavy atom. The number of carbonyl (C=O) groups excluding carboxylic acids is 4. The molecular weight excluding hydrogens is 376 g/mol. The van der Waals surface area contributed by atoms with Crippen LogP contribution in [0.5, 0.6) is 0 Å². The van der Waals surface area contributed by atoms with Gasteiger partial charge in [0.2, 0.25) is 0 Å². The van der Waals surface area contributed by atoms with Crippen molar-refractivity contribution in [3.8, 4) is 0 Å². The Hall–Kier alpha value is -3.23. The lowest BCUT2D eigenvalue weighted by Crippen LogP contribution is -2.52. The number of urea groups is 1. The molecule has 2 saturated heterocycles. The molecule has 3 rings (SSSR count). The van der Waals surface area contributed by atoms with Crippen LogP contribution in [0.2, 0.25) is 0 Å². The first-order valence-corrected chi connectivity index (χ1v) is 9.53. The minimum atomic E-state index is -0.656. The molecule has 3 heterocycles. The highest BCUT2D eigenvalue weighted by atomic mass is 16.5. The summed E-state index contributed by atoms with van der Waals surface area (Å²) in [5.41, 5.74) is 0.502. The number of anilines is 1. The summed E-state index contributed by atoms with van der Waals surface area (Å²) in [6.07, 6.45) is 4.44. The molecule has 0 bridgehead atoms. The molecule has 1 aromatic rings. The van der Waals surface area contributed by atoms with E-state index in [4.69, 9.17) is 4.74 Å². The largest absolute Gasteiger partial charge is 0.466 e. The number of aromatic nitrogens is 1. The molecule has 4 amide bonds. The molecular formula is C20H24N4O5. The zero-order valence-electron chi connectivity index (χ0n) is 16.8. The fourth-order valence-electron chi connectivity index (χ4n) is 3.42. The molecule has 0 radical (unpaired) electrons. The van der Waals surface area contributed by atoms with Crippen molar-refractivity contribution in [3.05, 3.63) is 29.5 Å². The molecule has 29 heavy (non-hydrogen) atoms. The van der Waals surface area contributed by atoms with Gasteiger partial charge in [-0.3, -0.25) is 24.2 Å². The molecule has 9 nitrogen and oxygen atoms in total. The van der Waals surface area contributed by atoms with Gasteiger partial charge in [-0.25, -0.2) is 9.78 Å². The minimum Gasteiger partial charge on any atom is -0.466 e. The lowest BCUT2D eigenvalue weighted by atomic mass is 9.97. The molecule has 0 aromatic carbocycles. The van der Waals surface area contributed by atoms with Gasteiger partial charge in [-0.1, -0.05) is 0 Å². The maximum Gasteiger partial charge on any atom is 0.333 e. The summed E-state index contributed by atoms with van der Waals surface area (Å²) in [6, 6.07) is 2.92. The van der Waals surface area contributed by atoms with Gasteiger partial charge >= 0.3 is 12.0 Å². The van der Waals surface area contributed by atoms with Gasteiger partial charge in [0, 0.05) is 33.4 Å². The van der Waals surface area contributed by atoms with Gasteiger partial charge in [0.1, 0.15) is 11.4 Å². The number of carbonyl (C=O) groups is 4. The standard InChI is InChI=1S/C20H24N4O5/c1-4-29-19(27)14-7-9-24(10-8-14)16-6-5-13(12-21-16)11-15-17(25)22(2)20(28)23(3)18(15)26/h5-6,11-12,14H,4,7-10H2,1-3H3. The van der Waals surface area contributed by atoms with Crippen molar-refractivity contribution in [2.75, 3.05) is 38.7 Å². The molecule has 0 saturated carbocycles. The normalized spacial score (nSPS) is 18.4. The molecule has 0 spiro atoms. The second-order valence-corrected chi connectivity index (χ2v) is 7.03. The van der Waals surface area contributed by atoms with Crippen molar-refractivity contribution in [1.82, 2.24) is 14.8 Å². The van der Waals surface area contributed by atoms with Gasteiger partial charge in [-0.2, -0.15) is 0 Å². The van der Waals surface area contributed by atoms with Gasteiger partial charge in [0.05, 0.1) is 12.5 Å². The SMILES string of the molecule is CCOC(=O)C1CCN(c2ccc(C=C3C(=O)N(C)C(=O)N(C)C3=O)cn2)CC1. The highest BCUT2D eigenvalue weighted by Crippen LogP contribution is 2.24. The van der Waals surface area contributed by atoms with Crippen molar-refractivity contribution < 1.29 is 23.9 Å². The Morgan fingerprint density at radius 3 is 2.28 bits per heavy atom. The van der Waals surface area contributed by atoms with E-state index in [-0.39, 0.29) is 17.5 Å². The van der Waals surface area contributed by atoms with Crippen LogP contribution < -0.4 is 4.90 Å². The number of hydrogen-bond acceptors (Lipinski definition) is 7. The van der Waals surface area contributed by atoms with Gasteiger partial charge in [0.25, 0.3) is 11.8 Å². The molecule has 2 fully saturated rings. The first kappa shape index (κ1) is 20.5. The van der Waals surface area contributed by atoms with Crippen molar-refractivity contribution in [2.24, 2.45) is 5.92 Å². The average molecular weight is 400 g/mol. The monoisotopic (exact) mass is 400 g/mol. The van der Waals surface area contributed by atoms with E-state index in [0.29, 0.717) is 38.1 Å². The van der Waals surface area contributed by atoms with E-state index in [0.717, 1.165) is 15.6 Å². The molecule has 0 atom stereocenters. The Labute approximate surface area is 168 Å². The van der Waals surface area contributed by atoms with E-state index in [2.05, 4.69) is 9.88 Å². The number of barbiturate groups is 1. The van der Waals surface area contributed by atoms with Crippen LogP contribution in [0.4, 0.5) is 10.6 Å². The maximum absolute atomic E-state index is 12.3. The van der Waals surface area contributed by atoms with E-state index in [1.54, 1.807) is 19.2 Å². The molecule has 154 valence electrons. The van der Waals surface area contributed by atoms with Crippen LogP contribution in [0, 0.1) is 5.92 Å². The molecule has 2 aliphatic rings. The average Bonchev–Trinajstić information content (AvgIpc) is 2.75. The highest BCUT2D eigenvalue weighted by Gasteiger charge is 2.37. The number of pyridine rings is 1. The molecule has 1 aromatic heterocycles. The van der Waals surface area contributed by atoms with E-state index in [1.165, 1.54) is 20.2 Å². The summed E-state index contributed by atoms with van der Waals surface area (Å²) < 4.78 is 5.09. The summed E-state index contributed by atoms with van der Waals surface area (Å²) in [7, 11) is 2.67. The summed E-state index contributed by atoms with van der Waals surface area (Å²) in [5.74, 6) is -0.723. The predicted molar refractivity (Wildman–Crippen MR) is 105 cm³/mol. The van der Waals surface area contributed by atoms with Crippen LogP contribution in [0.1, 0.15) is 25.3 Å². The van der Waals surface area contributed by atoms with Crippen LogP contribution in [0.3, 0.4) is 0 Å². The number of nitrogens with zero attached hydrogens (tertiary/aromatic N) is 4. The van der Waals surface area contributed by atoms with Gasteiger partial charge in [0.15, 0.2) is 0 Å².